The van der Waals surface area contributed by atoms with Gasteiger partial charge in [0.25, 0.3) is 0 Å². The van der Waals surface area contributed by atoms with E-state index in [1.54, 1.807) is 19.4 Å². The van der Waals surface area contributed by atoms with Gasteiger partial charge < -0.3 is 10.1 Å². The van der Waals surface area contributed by atoms with Crippen molar-refractivity contribution in [1.82, 2.24) is 25.7 Å². The number of ether oxygens (including phenoxy) is 1. The van der Waals surface area contributed by atoms with Gasteiger partial charge in [-0.3, -0.25) is 5.43 Å². The van der Waals surface area contributed by atoms with Gasteiger partial charge in [-0.25, -0.2) is 4.68 Å². The van der Waals surface area contributed by atoms with Crippen LogP contribution in [-0.4, -0.2) is 40.0 Å². The quantitative estimate of drug-likeness (QED) is 0.284. The number of rotatable bonds is 7. The van der Waals surface area contributed by atoms with Gasteiger partial charge >= 0.3 is 0 Å². The zero-order valence-corrected chi connectivity index (χ0v) is 15.7. The number of para-hydroxylation sites is 1. The maximum absolute atomic E-state index is 5.49. The van der Waals surface area contributed by atoms with Gasteiger partial charge in [-0.2, -0.15) is 5.10 Å². The van der Waals surface area contributed by atoms with Crippen LogP contribution >= 0.6 is 12.2 Å². The standard InChI is InChI=1S/C19H20N6OS/c1-3-10-20-19(27)23-21-12-14-8-9-18(26-2)15(11-14)13-25-17-7-5-4-6-16(17)22-24-25/h3-9,11-12H,1,10,13H2,2H3,(H2,20,23,27)/b21-12+. The van der Waals surface area contributed by atoms with Crippen molar-refractivity contribution in [1.29, 1.82) is 0 Å². The van der Waals surface area contributed by atoms with Crippen LogP contribution in [-0.2, 0) is 6.54 Å². The smallest absolute Gasteiger partial charge is 0.187 e. The second-order valence-electron chi connectivity index (χ2n) is 5.68. The number of benzene rings is 2. The van der Waals surface area contributed by atoms with Crippen LogP contribution in [0.3, 0.4) is 0 Å². The predicted octanol–water partition coefficient (Wildman–Crippen LogP) is 2.47. The minimum Gasteiger partial charge on any atom is -0.496 e. The average Bonchev–Trinajstić information content (AvgIpc) is 3.10. The van der Waals surface area contributed by atoms with E-state index in [1.807, 2.05) is 47.1 Å². The van der Waals surface area contributed by atoms with Crippen molar-refractivity contribution >= 4 is 34.6 Å². The number of thiocarbonyl (C=S) groups is 1. The summed E-state index contributed by atoms with van der Waals surface area (Å²) in [5.74, 6) is 0.780. The van der Waals surface area contributed by atoms with Gasteiger partial charge in [0.15, 0.2) is 5.11 Å². The number of aromatic nitrogens is 3. The summed E-state index contributed by atoms with van der Waals surface area (Å²) in [4.78, 5) is 0. The Kier molecular flexibility index (Phi) is 6.11. The van der Waals surface area contributed by atoms with Crippen molar-refractivity contribution in [3.8, 4) is 5.75 Å². The Balaban J connectivity index is 1.77. The second kappa shape index (κ2) is 8.91. The molecule has 2 aromatic carbocycles. The third kappa shape index (κ3) is 4.68. The van der Waals surface area contributed by atoms with E-state index in [0.717, 1.165) is 27.9 Å². The summed E-state index contributed by atoms with van der Waals surface area (Å²) >= 11 is 5.10. The first-order valence-electron chi connectivity index (χ1n) is 8.34. The van der Waals surface area contributed by atoms with Crippen molar-refractivity contribution in [2.75, 3.05) is 13.7 Å². The van der Waals surface area contributed by atoms with E-state index in [9.17, 15) is 0 Å². The summed E-state index contributed by atoms with van der Waals surface area (Å²) in [6, 6.07) is 13.7. The molecule has 0 radical (unpaired) electrons. The van der Waals surface area contributed by atoms with Gasteiger partial charge in [0.2, 0.25) is 0 Å². The fraction of sp³-hybridized carbons (Fsp3) is 0.158. The largest absolute Gasteiger partial charge is 0.496 e. The number of hydrazone groups is 1. The first-order chi connectivity index (χ1) is 13.2. The number of hydrogen-bond acceptors (Lipinski definition) is 5. The predicted molar refractivity (Wildman–Crippen MR) is 111 cm³/mol. The SMILES string of the molecule is C=CCNC(=S)N/N=C/c1ccc(OC)c(Cn2nnc3ccccc32)c1. The molecule has 0 saturated carbocycles. The molecule has 138 valence electrons. The molecule has 3 rings (SSSR count). The lowest BCUT2D eigenvalue weighted by Crippen LogP contribution is -2.31. The van der Waals surface area contributed by atoms with Crippen LogP contribution in [0.4, 0.5) is 0 Å². The lowest BCUT2D eigenvalue weighted by molar-refractivity contribution is 0.407. The molecule has 2 N–H and O–H groups in total. The van der Waals surface area contributed by atoms with Crippen LogP contribution in [0.5, 0.6) is 5.75 Å². The molecule has 0 amide bonds. The van der Waals surface area contributed by atoms with Gasteiger partial charge in [0, 0.05) is 12.1 Å². The van der Waals surface area contributed by atoms with E-state index in [4.69, 9.17) is 17.0 Å². The molecule has 27 heavy (non-hydrogen) atoms. The zero-order chi connectivity index (χ0) is 19.1. The summed E-state index contributed by atoms with van der Waals surface area (Å²) in [7, 11) is 1.65. The Morgan fingerprint density at radius 2 is 2.19 bits per heavy atom. The molecule has 3 aromatic rings. The molecule has 0 bridgehead atoms. The maximum atomic E-state index is 5.49. The molecule has 0 unspecified atom stereocenters. The Labute approximate surface area is 162 Å². The van der Waals surface area contributed by atoms with Gasteiger partial charge in [-0.05, 0) is 48.1 Å². The number of hydrogen-bond donors (Lipinski definition) is 2. The van der Waals surface area contributed by atoms with Gasteiger partial charge in [-0.1, -0.05) is 23.4 Å². The average molecular weight is 380 g/mol. The topological polar surface area (TPSA) is 76.4 Å². The number of methoxy groups -OCH3 is 1. The minimum atomic E-state index is 0.439. The molecule has 0 aliphatic rings. The Morgan fingerprint density at radius 3 is 3.00 bits per heavy atom. The molecule has 0 aliphatic carbocycles. The number of nitrogens with one attached hydrogen (secondary N) is 2. The molecule has 0 aliphatic heterocycles. The number of fused-ring (bicyclic) bond motifs is 1. The van der Waals surface area contributed by atoms with Crippen molar-refractivity contribution in [3.63, 3.8) is 0 Å². The van der Waals surface area contributed by atoms with E-state index >= 15 is 0 Å². The Bertz CT molecular complexity index is 981. The first-order valence-corrected chi connectivity index (χ1v) is 8.75. The van der Waals surface area contributed by atoms with Gasteiger partial charge in [0.1, 0.15) is 11.3 Å². The van der Waals surface area contributed by atoms with E-state index < -0.39 is 0 Å². The van der Waals surface area contributed by atoms with E-state index in [-0.39, 0.29) is 0 Å². The summed E-state index contributed by atoms with van der Waals surface area (Å²) < 4.78 is 7.33. The Hall–Kier alpha value is -3.26. The van der Waals surface area contributed by atoms with E-state index in [1.165, 1.54) is 0 Å². The molecule has 0 atom stereocenters. The maximum Gasteiger partial charge on any atom is 0.187 e. The van der Waals surface area contributed by atoms with E-state index in [2.05, 4.69) is 32.7 Å². The van der Waals surface area contributed by atoms with E-state index in [0.29, 0.717) is 18.2 Å². The lowest BCUT2D eigenvalue weighted by atomic mass is 10.1. The fourth-order valence-electron chi connectivity index (χ4n) is 2.57. The minimum absolute atomic E-state index is 0.439. The van der Waals surface area contributed by atoms with Crippen molar-refractivity contribution in [2.24, 2.45) is 5.10 Å². The third-order valence-electron chi connectivity index (χ3n) is 3.83. The highest BCUT2D eigenvalue weighted by atomic mass is 32.1. The van der Waals surface area contributed by atoms with Gasteiger partial charge in [-0.15, -0.1) is 11.7 Å². The van der Waals surface area contributed by atoms with Crippen molar-refractivity contribution in [2.45, 2.75) is 6.54 Å². The molecule has 0 fully saturated rings. The molecular formula is C19H20N6OS. The monoisotopic (exact) mass is 380 g/mol. The van der Waals surface area contributed by atoms with Crippen molar-refractivity contribution < 1.29 is 4.74 Å². The van der Waals surface area contributed by atoms with Crippen LogP contribution < -0.4 is 15.5 Å². The first kappa shape index (κ1) is 18.5. The van der Waals surface area contributed by atoms with Crippen LogP contribution in [0, 0.1) is 0 Å². The highest BCUT2D eigenvalue weighted by molar-refractivity contribution is 7.80. The lowest BCUT2D eigenvalue weighted by Gasteiger charge is -2.10. The molecule has 0 spiro atoms. The highest BCUT2D eigenvalue weighted by Crippen LogP contribution is 2.22. The number of nitrogens with zero attached hydrogens (tertiary/aromatic N) is 4. The highest BCUT2D eigenvalue weighted by Gasteiger charge is 2.09. The summed E-state index contributed by atoms with van der Waals surface area (Å²) in [5, 5.41) is 16.0. The van der Waals surface area contributed by atoms with Crippen LogP contribution in [0.25, 0.3) is 11.0 Å². The second-order valence-corrected chi connectivity index (χ2v) is 6.08. The van der Waals surface area contributed by atoms with Crippen LogP contribution in [0.15, 0.2) is 60.2 Å². The fourth-order valence-corrected chi connectivity index (χ4v) is 2.70. The summed E-state index contributed by atoms with van der Waals surface area (Å²) in [6.45, 7) is 4.75. The molecule has 8 heteroatoms. The molecule has 7 nitrogen and oxygen atoms in total. The molecule has 1 heterocycles. The zero-order valence-electron chi connectivity index (χ0n) is 14.9. The summed E-state index contributed by atoms with van der Waals surface area (Å²) in [6.07, 6.45) is 3.42. The van der Waals surface area contributed by atoms with Crippen LogP contribution in [0.2, 0.25) is 0 Å². The van der Waals surface area contributed by atoms with Gasteiger partial charge in [0.05, 0.1) is 25.4 Å². The normalized spacial score (nSPS) is 10.9. The van der Waals surface area contributed by atoms with Crippen LogP contribution in [0.1, 0.15) is 11.1 Å². The van der Waals surface area contributed by atoms with Crippen molar-refractivity contribution in [3.05, 3.63) is 66.2 Å². The third-order valence-corrected chi connectivity index (χ3v) is 4.07. The Morgan fingerprint density at radius 1 is 1.33 bits per heavy atom. The molecule has 1 aromatic heterocycles. The molecule has 0 saturated heterocycles. The summed E-state index contributed by atoms with van der Waals surface area (Å²) in [5.41, 5.74) is 6.49. The molecular weight excluding hydrogens is 360 g/mol.